The van der Waals surface area contributed by atoms with Crippen LogP contribution in [-0.2, 0) is 0 Å². The number of hydrogen-bond acceptors (Lipinski definition) is 3. The van der Waals surface area contributed by atoms with Gasteiger partial charge in [-0.3, -0.25) is 0 Å². The molecule has 0 spiro atoms. The lowest BCUT2D eigenvalue weighted by Gasteiger charge is -2.15. The van der Waals surface area contributed by atoms with Gasteiger partial charge in [0, 0.05) is 18.8 Å². The van der Waals surface area contributed by atoms with Crippen LogP contribution in [-0.4, -0.2) is 17.6 Å². The van der Waals surface area contributed by atoms with Crippen LogP contribution in [0, 0.1) is 5.92 Å². The zero-order chi connectivity index (χ0) is 9.38. The van der Waals surface area contributed by atoms with E-state index in [1.54, 1.807) is 0 Å². The van der Waals surface area contributed by atoms with Crippen LogP contribution < -0.4 is 10.6 Å². The first kappa shape index (κ1) is 8.09. The first-order chi connectivity index (χ1) is 6.93. The highest BCUT2D eigenvalue weighted by molar-refractivity contribution is 5.65. The van der Waals surface area contributed by atoms with Crippen LogP contribution in [0.1, 0.15) is 19.3 Å². The predicted octanol–water partition coefficient (Wildman–Crippen LogP) is 2.09. The Morgan fingerprint density at radius 2 is 2.21 bits per heavy atom. The minimum absolute atomic E-state index is 0.638. The van der Waals surface area contributed by atoms with Crippen molar-refractivity contribution in [1.82, 2.24) is 4.98 Å². The third kappa shape index (κ3) is 1.43. The van der Waals surface area contributed by atoms with Crippen molar-refractivity contribution >= 4 is 11.5 Å². The number of rotatable bonds is 1. The number of hydrogen-bond donors (Lipinski definition) is 2. The van der Waals surface area contributed by atoms with Gasteiger partial charge in [0.1, 0.15) is 5.82 Å². The first-order valence-corrected chi connectivity index (χ1v) is 5.39. The van der Waals surface area contributed by atoms with Gasteiger partial charge in [-0.2, -0.15) is 0 Å². The molecule has 2 aliphatic rings. The van der Waals surface area contributed by atoms with Crippen molar-refractivity contribution < 1.29 is 0 Å². The zero-order valence-corrected chi connectivity index (χ0v) is 8.16. The first-order valence-electron chi connectivity index (χ1n) is 5.39. The second-order valence-electron chi connectivity index (χ2n) is 4.20. The molecule has 74 valence electrons. The molecule has 0 saturated heterocycles. The molecular weight excluding hydrogens is 174 g/mol. The molecule has 1 fully saturated rings. The molecule has 2 heterocycles. The fourth-order valence-corrected chi connectivity index (χ4v) is 2.13. The molecule has 2 N–H and O–H groups in total. The standard InChI is InChI=1S/C11H15N3/c1-2-10-11(13-6-1)14-9(5-7-12-10)8-3-4-8/h1-2,6,8-9,12H,3-5,7H2,(H,13,14). The van der Waals surface area contributed by atoms with Crippen LogP contribution in [0.5, 0.6) is 0 Å². The Morgan fingerprint density at radius 1 is 1.29 bits per heavy atom. The summed E-state index contributed by atoms with van der Waals surface area (Å²) in [6.45, 7) is 1.06. The van der Waals surface area contributed by atoms with Gasteiger partial charge in [0.25, 0.3) is 0 Å². The van der Waals surface area contributed by atoms with Crippen molar-refractivity contribution in [1.29, 1.82) is 0 Å². The zero-order valence-electron chi connectivity index (χ0n) is 8.16. The summed E-state index contributed by atoms with van der Waals surface area (Å²) in [4.78, 5) is 4.37. The van der Waals surface area contributed by atoms with Gasteiger partial charge in [-0.15, -0.1) is 0 Å². The van der Waals surface area contributed by atoms with E-state index in [1.165, 1.54) is 19.3 Å². The molecular formula is C11H15N3. The molecule has 3 rings (SSSR count). The molecule has 3 heteroatoms. The highest BCUT2D eigenvalue weighted by Gasteiger charge is 2.32. The number of pyridine rings is 1. The number of aromatic nitrogens is 1. The molecule has 1 saturated carbocycles. The number of fused-ring (bicyclic) bond motifs is 1. The van der Waals surface area contributed by atoms with E-state index in [9.17, 15) is 0 Å². The van der Waals surface area contributed by atoms with E-state index in [1.807, 2.05) is 12.3 Å². The van der Waals surface area contributed by atoms with Gasteiger partial charge in [-0.05, 0) is 37.3 Å². The van der Waals surface area contributed by atoms with Gasteiger partial charge < -0.3 is 10.6 Å². The normalized spacial score (nSPS) is 25.6. The van der Waals surface area contributed by atoms with E-state index < -0.39 is 0 Å². The third-order valence-corrected chi connectivity index (χ3v) is 3.09. The smallest absolute Gasteiger partial charge is 0.149 e. The van der Waals surface area contributed by atoms with E-state index >= 15 is 0 Å². The molecule has 1 aromatic rings. The van der Waals surface area contributed by atoms with Crippen LogP contribution in [0.4, 0.5) is 11.5 Å². The minimum atomic E-state index is 0.638. The Bertz CT molecular complexity index is 333. The Balaban J connectivity index is 1.86. The van der Waals surface area contributed by atoms with Gasteiger partial charge in [-0.25, -0.2) is 4.98 Å². The quantitative estimate of drug-likeness (QED) is 0.710. The summed E-state index contributed by atoms with van der Waals surface area (Å²) in [6.07, 6.45) is 5.84. The van der Waals surface area contributed by atoms with Crippen LogP contribution >= 0.6 is 0 Å². The van der Waals surface area contributed by atoms with Crippen molar-refractivity contribution in [3.63, 3.8) is 0 Å². The molecule has 3 nitrogen and oxygen atoms in total. The summed E-state index contributed by atoms with van der Waals surface area (Å²) in [5.41, 5.74) is 1.15. The van der Waals surface area contributed by atoms with Crippen molar-refractivity contribution in [2.75, 3.05) is 17.2 Å². The summed E-state index contributed by atoms with van der Waals surface area (Å²) in [6, 6.07) is 4.70. The predicted molar refractivity (Wildman–Crippen MR) is 57.5 cm³/mol. The van der Waals surface area contributed by atoms with Crippen molar-refractivity contribution in [2.45, 2.75) is 25.3 Å². The van der Waals surface area contributed by atoms with Gasteiger partial charge >= 0.3 is 0 Å². The fraction of sp³-hybridized carbons (Fsp3) is 0.545. The Kier molecular flexibility index (Phi) is 1.82. The molecule has 1 aliphatic heterocycles. The second kappa shape index (κ2) is 3.15. The van der Waals surface area contributed by atoms with E-state index in [0.29, 0.717) is 6.04 Å². The lowest BCUT2D eigenvalue weighted by molar-refractivity contribution is 0.607. The van der Waals surface area contributed by atoms with Crippen molar-refractivity contribution in [3.05, 3.63) is 18.3 Å². The SMILES string of the molecule is c1cnc2c(c1)NCCC(C1CC1)N2. The maximum Gasteiger partial charge on any atom is 0.149 e. The topological polar surface area (TPSA) is 37.0 Å². The number of nitrogens with zero attached hydrogens (tertiary/aromatic N) is 1. The third-order valence-electron chi connectivity index (χ3n) is 3.09. The largest absolute Gasteiger partial charge is 0.382 e. The van der Waals surface area contributed by atoms with E-state index in [4.69, 9.17) is 0 Å². The Morgan fingerprint density at radius 3 is 3.07 bits per heavy atom. The maximum atomic E-state index is 4.37. The van der Waals surface area contributed by atoms with Crippen LogP contribution in [0.25, 0.3) is 0 Å². The molecule has 0 bridgehead atoms. The average molecular weight is 189 g/mol. The highest BCUT2D eigenvalue weighted by Crippen LogP contribution is 2.37. The monoisotopic (exact) mass is 189 g/mol. The molecule has 1 unspecified atom stereocenters. The highest BCUT2D eigenvalue weighted by atomic mass is 15.1. The molecule has 0 radical (unpaired) electrons. The fourth-order valence-electron chi connectivity index (χ4n) is 2.13. The van der Waals surface area contributed by atoms with E-state index in [-0.39, 0.29) is 0 Å². The molecule has 0 aromatic carbocycles. The van der Waals surface area contributed by atoms with Crippen LogP contribution in [0.3, 0.4) is 0 Å². The summed E-state index contributed by atoms with van der Waals surface area (Å²) in [5.74, 6) is 1.92. The molecule has 0 amide bonds. The molecule has 14 heavy (non-hydrogen) atoms. The molecule has 1 atom stereocenters. The van der Waals surface area contributed by atoms with Gasteiger partial charge in [-0.1, -0.05) is 0 Å². The van der Waals surface area contributed by atoms with Crippen LogP contribution in [0.15, 0.2) is 18.3 Å². The van der Waals surface area contributed by atoms with E-state index in [0.717, 1.165) is 24.0 Å². The maximum absolute atomic E-state index is 4.37. The average Bonchev–Trinajstić information content (AvgIpc) is 3.04. The van der Waals surface area contributed by atoms with Crippen molar-refractivity contribution in [2.24, 2.45) is 5.92 Å². The Hall–Kier alpha value is -1.25. The van der Waals surface area contributed by atoms with Gasteiger partial charge in [0.15, 0.2) is 0 Å². The van der Waals surface area contributed by atoms with Gasteiger partial charge in [0.05, 0.1) is 5.69 Å². The summed E-state index contributed by atoms with van der Waals surface area (Å²) >= 11 is 0. The summed E-state index contributed by atoms with van der Waals surface area (Å²) in [7, 11) is 0. The summed E-state index contributed by atoms with van der Waals surface area (Å²) < 4.78 is 0. The number of nitrogens with one attached hydrogen (secondary N) is 2. The lowest BCUT2D eigenvalue weighted by Crippen LogP contribution is -2.22. The minimum Gasteiger partial charge on any atom is -0.382 e. The molecule has 1 aliphatic carbocycles. The lowest BCUT2D eigenvalue weighted by atomic mass is 10.1. The second-order valence-corrected chi connectivity index (χ2v) is 4.20. The number of anilines is 2. The summed E-state index contributed by atoms with van der Waals surface area (Å²) in [5, 5.41) is 6.96. The van der Waals surface area contributed by atoms with E-state index in [2.05, 4.69) is 21.7 Å². The van der Waals surface area contributed by atoms with Gasteiger partial charge in [0.2, 0.25) is 0 Å². The van der Waals surface area contributed by atoms with Crippen molar-refractivity contribution in [3.8, 4) is 0 Å². The molecule has 1 aromatic heterocycles. The Labute approximate surface area is 83.9 Å². The van der Waals surface area contributed by atoms with Crippen LogP contribution in [0.2, 0.25) is 0 Å².